The number of rotatable bonds is 4. The average molecular weight is 218 g/mol. The Hall–Kier alpha value is -1.94. The molecular weight excluding hydrogens is 204 g/mol. The number of carbonyl (C=O) groups is 1. The molecule has 1 aromatic carbocycles. The zero-order chi connectivity index (χ0) is 11.6. The number of aromatic amines is 1. The topological polar surface area (TPSA) is 55.0 Å². The maximum atomic E-state index is 8.00. The van der Waals surface area contributed by atoms with Gasteiger partial charge in [0, 0.05) is 12.4 Å². The SMILES string of the molecule is C=O.c1ccc(COCc2ncc[nH]2)cc1. The number of nitrogens with zero attached hydrogens (tertiary/aromatic N) is 1. The number of hydrogen-bond acceptors (Lipinski definition) is 3. The Morgan fingerprint density at radius 2 is 1.94 bits per heavy atom. The molecule has 0 fully saturated rings. The molecule has 16 heavy (non-hydrogen) atoms. The summed E-state index contributed by atoms with van der Waals surface area (Å²) in [4.78, 5) is 15.1. The number of benzene rings is 1. The molecule has 0 aliphatic rings. The van der Waals surface area contributed by atoms with Crippen molar-refractivity contribution in [1.82, 2.24) is 9.97 Å². The van der Waals surface area contributed by atoms with Crippen molar-refractivity contribution in [3.8, 4) is 0 Å². The molecule has 0 aliphatic carbocycles. The van der Waals surface area contributed by atoms with Crippen LogP contribution in [-0.4, -0.2) is 16.8 Å². The maximum Gasteiger partial charge on any atom is 0.132 e. The normalized spacial score (nSPS) is 9.25. The van der Waals surface area contributed by atoms with Crippen molar-refractivity contribution in [2.45, 2.75) is 13.2 Å². The molecule has 84 valence electrons. The summed E-state index contributed by atoms with van der Waals surface area (Å²) in [6, 6.07) is 10.1. The summed E-state index contributed by atoms with van der Waals surface area (Å²) in [6.07, 6.45) is 3.52. The van der Waals surface area contributed by atoms with Crippen LogP contribution < -0.4 is 0 Å². The van der Waals surface area contributed by atoms with E-state index in [1.807, 2.05) is 37.1 Å². The van der Waals surface area contributed by atoms with Crippen LogP contribution in [0.3, 0.4) is 0 Å². The van der Waals surface area contributed by atoms with Gasteiger partial charge in [-0.15, -0.1) is 0 Å². The van der Waals surface area contributed by atoms with E-state index in [-0.39, 0.29) is 0 Å². The van der Waals surface area contributed by atoms with Crippen molar-refractivity contribution in [3.63, 3.8) is 0 Å². The van der Waals surface area contributed by atoms with Gasteiger partial charge in [0.2, 0.25) is 0 Å². The van der Waals surface area contributed by atoms with Gasteiger partial charge in [-0.25, -0.2) is 4.98 Å². The van der Waals surface area contributed by atoms with E-state index >= 15 is 0 Å². The van der Waals surface area contributed by atoms with E-state index in [1.165, 1.54) is 5.56 Å². The van der Waals surface area contributed by atoms with Crippen molar-refractivity contribution in [3.05, 3.63) is 54.1 Å². The van der Waals surface area contributed by atoms with Gasteiger partial charge in [0.25, 0.3) is 0 Å². The lowest BCUT2D eigenvalue weighted by Crippen LogP contribution is -1.95. The summed E-state index contributed by atoms with van der Waals surface area (Å²) in [5.74, 6) is 0.862. The van der Waals surface area contributed by atoms with Crippen LogP contribution in [0.5, 0.6) is 0 Å². The molecule has 1 aromatic heterocycles. The summed E-state index contributed by atoms with van der Waals surface area (Å²) in [5, 5.41) is 0. The fourth-order valence-electron chi connectivity index (χ4n) is 1.22. The summed E-state index contributed by atoms with van der Waals surface area (Å²) < 4.78 is 5.47. The van der Waals surface area contributed by atoms with Crippen LogP contribution in [0.2, 0.25) is 0 Å². The van der Waals surface area contributed by atoms with Crippen LogP contribution >= 0.6 is 0 Å². The number of ether oxygens (including phenoxy) is 1. The van der Waals surface area contributed by atoms with E-state index in [1.54, 1.807) is 12.4 Å². The zero-order valence-corrected chi connectivity index (χ0v) is 8.93. The first-order chi connectivity index (χ1) is 7.95. The number of carbonyl (C=O) groups excluding carboxylic acids is 1. The highest BCUT2D eigenvalue weighted by atomic mass is 16.5. The molecule has 0 saturated carbocycles. The van der Waals surface area contributed by atoms with Crippen LogP contribution in [0.25, 0.3) is 0 Å². The van der Waals surface area contributed by atoms with E-state index in [4.69, 9.17) is 9.53 Å². The molecule has 4 heteroatoms. The Morgan fingerprint density at radius 3 is 2.56 bits per heavy atom. The Balaban J connectivity index is 0.000000606. The molecule has 0 atom stereocenters. The molecule has 2 aromatic rings. The predicted octanol–water partition coefficient (Wildman–Crippen LogP) is 1.94. The number of aromatic nitrogens is 2. The summed E-state index contributed by atoms with van der Waals surface area (Å²) in [7, 11) is 0. The second-order valence-electron chi connectivity index (χ2n) is 3.01. The first-order valence-electron chi connectivity index (χ1n) is 4.84. The van der Waals surface area contributed by atoms with Gasteiger partial charge in [-0.05, 0) is 5.56 Å². The molecule has 4 nitrogen and oxygen atoms in total. The number of hydrogen-bond donors (Lipinski definition) is 1. The van der Waals surface area contributed by atoms with Gasteiger partial charge in [-0.2, -0.15) is 0 Å². The lowest BCUT2D eigenvalue weighted by molar-refractivity contribution is -0.0979. The molecule has 0 bridgehead atoms. The van der Waals surface area contributed by atoms with Crippen LogP contribution in [0.15, 0.2) is 42.7 Å². The van der Waals surface area contributed by atoms with Crippen molar-refractivity contribution in [1.29, 1.82) is 0 Å². The van der Waals surface area contributed by atoms with Gasteiger partial charge < -0.3 is 14.5 Å². The van der Waals surface area contributed by atoms with Crippen LogP contribution in [0, 0.1) is 0 Å². The second kappa shape index (κ2) is 7.36. The Labute approximate surface area is 94.3 Å². The zero-order valence-electron chi connectivity index (χ0n) is 8.93. The Bertz CT molecular complexity index is 373. The molecule has 2 rings (SSSR count). The molecule has 0 radical (unpaired) electrons. The minimum atomic E-state index is 0.530. The van der Waals surface area contributed by atoms with Crippen LogP contribution in [-0.2, 0) is 22.7 Å². The second-order valence-corrected chi connectivity index (χ2v) is 3.01. The standard InChI is InChI=1S/C11H12N2O.CH2O/c1-2-4-10(5-3-1)8-14-9-11-12-6-7-13-11;1-2/h1-7H,8-9H2,(H,12,13);1H2. The van der Waals surface area contributed by atoms with Gasteiger partial charge in [-0.3, -0.25) is 0 Å². The minimum absolute atomic E-state index is 0.530. The van der Waals surface area contributed by atoms with Gasteiger partial charge in [-0.1, -0.05) is 30.3 Å². The van der Waals surface area contributed by atoms with Crippen molar-refractivity contribution in [2.24, 2.45) is 0 Å². The molecule has 0 spiro atoms. The quantitative estimate of drug-likeness (QED) is 0.853. The van der Waals surface area contributed by atoms with Gasteiger partial charge in [0.05, 0.1) is 6.61 Å². The van der Waals surface area contributed by atoms with Crippen molar-refractivity contribution >= 4 is 6.79 Å². The van der Waals surface area contributed by atoms with E-state index in [0.717, 1.165) is 5.82 Å². The third kappa shape index (κ3) is 4.06. The van der Waals surface area contributed by atoms with E-state index < -0.39 is 0 Å². The van der Waals surface area contributed by atoms with Crippen molar-refractivity contribution < 1.29 is 9.53 Å². The third-order valence-corrected chi connectivity index (χ3v) is 1.91. The first kappa shape index (κ1) is 12.1. The highest BCUT2D eigenvalue weighted by Gasteiger charge is 1.95. The van der Waals surface area contributed by atoms with Crippen LogP contribution in [0.4, 0.5) is 0 Å². The Morgan fingerprint density at radius 1 is 1.19 bits per heavy atom. The number of nitrogens with one attached hydrogen (secondary N) is 1. The van der Waals surface area contributed by atoms with Gasteiger partial charge in [0.1, 0.15) is 19.2 Å². The fourth-order valence-corrected chi connectivity index (χ4v) is 1.22. The molecule has 0 saturated heterocycles. The lowest BCUT2D eigenvalue weighted by atomic mass is 10.2. The van der Waals surface area contributed by atoms with Gasteiger partial charge >= 0.3 is 0 Å². The molecule has 1 N–H and O–H groups in total. The predicted molar refractivity (Wildman–Crippen MR) is 60.6 cm³/mol. The largest absolute Gasteiger partial charge is 0.369 e. The molecule has 1 heterocycles. The highest BCUT2D eigenvalue weighted by Crippen LogP contribution is 2.02. The summed E-state index contributed by atoms with van der Waals surface area (Å²) in [5.41, 5.74) is 1.18. The maximum absolute atomic E-state index is 8.00. The van der Waals surface area contributed by atoms with Gasteiger partial charge in [0.15, 0.2) is 0 Å². The molecule has 0 unspecified atom stereocenters. The minimum Gasteiger partial charge on any atom is -0.369 e. The fraction of sp³-hybridized carbons (Fsp3) is 0.167. The average Bonchev–Trinajstić information content (AvgIpc) is 2.86. The summed E-state index contributed by atoms with van der Waals surface area (Å²) >= 11 is 0. The third-order valence-electron chi connectivity index (χ3n) is 1.91. The smallest absolute Gasteiger partial charge is 0.132 e. The first-order valence-corrected chi connectivity index (χ1v) is 4.84. The van der Waals surface area contributed by atoms with Crippen molar-refractivity contribution in [2.75, 3.05) is 0 Å². The van der Waals surface area contributed by atoms with E-state index in [9.17, 15) is 0 Å². The highest BCUT2D eigenvalue weighted by molar-refractivity contribution is 5.13. The van der Waals surface area contributed by atoms with E-state index in [0.29, 0.717) is 13.2 Å². The monoisotopic (exact) mass is 218 g/mol. The number of H-pyrrole nitrogens is 1. The molecule has 0 aliphatic heterocycles. The summed E-state index contributed by atoms with van der Waals surface area (Å²) in [6.45, 7) is 3.16. The van der Waals surface area contributed by atoms with E-state index in [2.05, 4.69) is 9.97 Å². The molecular formula is C12H14N2O2. The Kier molecular flexibility index (Phi) is 5.58. The van der Waals surface area contributed by atoms with Crippen LogP contribution in [0.1, 0.15) is 11.4 Å². The number of imidazole rings is 1. The molecule has 0 amide bonds. The lowest BCUT2D eigenvalue weighted by Gasteiger charge is -2.01.